The van der Waals surface area contributed by atoms with Crippen molar-refractivity contribution in [3.8, 4) is 5.75 Å². The van der Waals surface area contributed by atoms with Crippen molar-refractivity contribution >= 4 is 29.5 Å². The molecule has 0 unspecified atom stereocenters. The van der Waals surface area contributed by atoms with Crippen molar-refractivity contribution in [3.05, 3.63) is 82.4 Å². The van der Waals surface area contributed by atoms with Crippen molar-refractivity contribution in [1.29, 1.82) is 0 Å². The fourth-order valence-corrected chi connectivity index (χ4v) is 6.41. The quantitative estimate of drug-likeness (QED) is 0.0994. The van der Waals surface area contributed by atoms with E-state index in [1.165, 1.54) is 33.8 Å². The number of phenols is 1. The highest BCUT2D eigenvalue weighted by molar-refractivity contribution is 7.97. The second-order valence-corrected chi connectivity index (χ2v) is 11.5. The highest BCUT2D eigenvalue weighted by Gasteiger charge is 2.40. The third-order valence-corrected chi connectivity index (χ3v) is 9.05. The summed E-state index contributed by atoms with van der Waals surface area (Å²) < 4.78 is 75.7. The van der Waals surface area contributed by atoms with Gasteiger partial charge in [-0.15, -0.1) is 0 Å². The van der Waals surface area contributed by atoms with Gasteiger partial charge in [-0.2, -0.15) is 0 Å². The number of hydrogen-bond acceptors (Lipinski definition) is 7. The highest BCUT2D eigenvalue weighted by atomic mass is 32.2. The van der Waals surface area contributed by atoms with Crippen molar-refractivity contribution in [2.45, 2.75) is 61.9 Å². The fraction of sp³-hybridized carbons (Fsp3) is 0.367. The molecule has 7 nitrogen and oxygen atoms in total. The maximum atomic E-state index is 14.4. The van der Waals surface area contributed by atoms with Crippen molar-refractivity contribution < 1.29 is 41.4 Å². The summed E-state index contributed by atoms with van der Waals surface area (Å²) >= 11 is 0.269. The third-order valence-electron chi connectivity index (χ3n) is 7.84. The molecule has 1 N–H and O–H groups in total. The first-order valence-electron chi connectivity index (χ1n) is 13.7. The molecule has 1 saturated carbocycles. The van der Waals surface area contributed by atoms with Gasteiger partial charge in [-0.3, -0.25) is 9.78 Å². The Labute approximate surface area is 248 Å². The fourth-order valence-electron chi connectivity index (χ4n) is 5.32. The molecule has 1 saturated heterocycles. The van der Waals surface area contributed by atoms with Gasteiger partial charge in [-0.05, 0) is 60.9 Å². The summed E-state index contributed by atoms with van der Waals surface area (Å²) in [5, 5.41) is 10.5. The van der Waals surface area contributed by atoms with Crippen LogP contribution < -0.4 is 4.90 Å². The zero-order valence-corrected chi connectivity index (χ0v) is 23.9. The highest BCUT2D eigenvalue weighted by Crippen LogP contribution is 2.39. The molecule has 43 heavy (non-hydrogen) atoms. The van der Waals surface area contributed by atoms with Crippen LogP contribution in [0.25, 0.3) is 0 Å². The number of amides is 1. The zero-order chi connectivity index (χ0) is 30.8. The molecule has 5 rings (SSSR count). The second-order valence-electron chi connectivity index (χ2n) is 10.5. The summed E-state index contributed by atoms with van der Waals surface area (Å²) in [6.45, 7) is 0.0770. The molecular weight excluding hydrogens is 593 g/mol. The summed E-state index contributed by atoms with van der Waals surface area (Å²) in [4.78, 5) is 30.6. The number of anilines is 1. The Hall–Kier alpha value is -3.71. The summed E-state index contributed by atoms with van der Waals surface area (Å²) in [6, 6.07) is 6.70. The van der Waals surface area contributed by atoms with Crippen molar-refractivity contribution in [2.24, 2.45) is 0 Å². The Morgan fingerprint density at radius 1 is 0.977 bits per heavy atom. The molecule has 1 atom stereocenters. The van der Waals surface area contributed by atoms with E-state index < -0.39 is 57.6 Å². The molecule has 0 spiro atoms. The number of methoxy groups -OCH3 is 1. The van der Waals surface area contributed by atoms with Gasteiger partial charge in [0.25, 0.3) is 0 Å². The maximum Gasteiger partial charge on any atom is 0.341 e. The molecule has 1 amide bonds. The lowest BCUT2D eigenvalue weighted by Crippen LogP contribution is -2.54. The predicted octanol–water partition coefficient (Wildman–Crippen LogP) is 6.63. The minimum absolute atomic E-state index is 0.0572. The molecular formula is C30H28F5N3O4S. The summed E-state index contributed by atoms with van der Waals surface area (Å²) in [7, 11) is 1.15. The zero-order valence-electron chi connectivity index (χ0n) is 23.1. The van der Waals surface area contributed by atoms with Crippen LogP contribution in [-0.2, 0) is 16.1 Å². The van der Waals surface area contributed by atoms with Crippen molar-refractivity contribution in [2.75, 3.05) is 18.6 Å². The number of hydrogen-bond donors (Lipinski definition) is 1. The molecule has 2 aromatic carbocycles. The second kappa shape index (κ2) is 12.9. The molecule has 1 aliphatic carbocycles. The molecule has 13 heteroatoms. The lowest BCUT2D eigenvalue weighted by Gasteiger charge is -2.41. The Morgan fingerprint density at radius 2 is 1.65 bits per heavy atom. The van der Waals surface area contributed by atoms with Gasteiger partial charge in [-0.1, -0.05) is 25.3 Å². The maximum absolute atomic E-state index is 14.4. The number of ether oxygens (including phenoxy) is 1. The summed E-state index contributed by atoms with van der Waals surface area (Å²) in [5.74, 6) is -11.8. The minimum atomic E-state index is -2.26. The van der Waals surface area contributed by atoms with E-state index in [9.17, 15) is 36.6 Å². The van der Waals surface area contributed by atoms with Crippen LogP contribution in [0.15, 0.2) is 41.4 Å². The van der Waals surface area contributed by atoms with Gasteiger partial charge in [0.05, 0.1) is 19.3 Å². The van der Waals surface area contributed by atoms with Crippen LogP contribution in [-0.4, -0.2) is 46.0 Å². The number of benzene rings is 2. The molecule has 2 aliphatic rings. The van der Waals surface area contributed by atoms with Crippen LogP contribution in [0.4, 0.5) is 27.6 Å². The van der Waals surface area contributed by atoms with Crippen LogP contribution in [0.5, 0.6) is 5.75 Å². The number of pyridine rings is 1. The Bertz CT molecular complexity index is 1510. The monoisotopic (exact) mass is 621 g/mol. The van der Waals surface area contributed by atoms with Crippen LogP contribution in [0.2, 0.25) is 0 Å². The number of esters is 1. The number of aromatic nitrogens is 1. The van der Waals surface area contributed by atoms with Crippen molar-refractivity contribution in [1.82, 2.24) is 9.29 Å². The number of carbonyl (C=O) groups is 2. The van der Waals surface area contributed by atoms with Crippen LogP contribution in [0, 0.1) is 29.1 Å². The normalized spacial score (nSPS) is 17.4. The summed E-state index contributed by atoms with van der Waals surface area (Å²) in [6.07, 6.45) is 7.69. The van der Waals surface area contributed by atoms with Gasteiger partial charge in [0.2, 0.25) is 11.7 Å². The van der Waals surface area contributed by atoms with Crippen LogP contribution in [0.1, 0.15) is 66.1 Å². The van der Waals surface area contributed by atoms with Gasteiger partial charge in [0.15, 0.2) is 23.3 Å². The molecule has 2 heterocycles. The molecule has 1 aromatic heterocycles. The first-order chi connectivity index (χ1) is 20.6. The number of carbonyl (C=O) groups excluding carboxylic acids is 2. The standard InChI is InChI=1S/C30H28F5N3O4S/c1-42-30(41)20-10-9-19(13-22(20)39)37(15-18-8-7-17(14-36-18)16-5-3-2-4-6-16)29(40)21-11-12-38(21)43-28-26(34)24(32)23(31)25(33)27(28)35/h7-10,13-14,16,21,39H,2-6,11-12,15H2,1H3/t21-/m1/s1. The van der Waals surface area contributed by atoms with E-state index in [-0.39, 0.29) is 42.7 Å². The van der Waals surface area contributed by atoms with Crippen LogP contribution >= 0.6 is 11.9 Å². The average molecular weight is 622 g/mol. The first-order valence-corrected chi connectivity index (χ1v) is 14.5. The van der Waals surface area contributed by atoms with E-state index >= 15 is 0 Å². The van der Waals surface area contributed by atoms with E-state index in [1.807, 2.05) is 6.07 Å². The van der Waals surface area contributed by atoms with Gasteiger partial charge in [0, 0.05) is 24.5 Å². The molecule has 228 valence electrons. The topological polar surface area (TPSA) is 83.0 Å². The third kappa shape index (κ3) is 6.19. The summed E-state index contributed by atoms with van der Waals surface area (Å²) in [5.41, 5.74) is 1.69. The van der Waals surface area contributed by atoms with Crippen LogP contribution in [0.3, 0.4) is 0 Å². The lowest BCUT2D eigenvalue weighted by atomic mass is 9.85. The minimum Gasteiger partial charge on any atom is -0.507 e. The molecule has 2 fully saturated rings. The van der Waals surface area contributed by atoms with Gasteiger partial charge >= 0.3 is 5.97 Å². The molecule has 1 aliphatic heterocycles. The van der Waals surface area contributed by atoms with Gasteiger partial charge in [-0.25, -0.2) is 31.1 Å². The number of halogens is 5. The largest absolute Gasteiger partial charge is 0.507 e. The number of aromatic hydroxyl groups is 1. The Balaban J connectivity index is 1.42. The van der Waals surface area contributed by atoms with E-state index in [4.69, 9.17) is 0 Å². The van der Waals surface area contributed by atoms with Gasteiger partial charge in [0.1, 0.15) is 22.3 Å². The smallest absolute Gasteiger partial charge is 0.341 e. The van der Waals surface area contributed by atoms with E-state index in [0.717, 1.165) is 38.4 Å². The first kappa shape index (κ1) is 30.7. The average Bonchev–Trinajstić information content (AvgIpc) is 3.01. The number of rotatable bonds is 8. The molecule has 3 aromatic rings. The SMILES string of the molecule is COC(=O)c1ccc(N(Cc2ccc(C3CCCCC3)cn2)C(=O)[C@H]2CCN2Sc2c(F)c(F)c(F)c(F)c2F)cc1O. The Kier molecular flexibility index (Phi) is 9.21. The molecule has 0 bridgehead atoms. The van der Waals surface area contributed by atoms with Crippen molar-refractivity contribution in [3.63, 3.8) is 0 Å². The number of nitrogens with zero attached hydrogens (tertiary/aromatic N) is 3. The van der Waals surface area contributed by atoms with E-state index in [1.54, 1.807) is 12.3 Å². The van der Waals surface area contributed by atoms with Gasteiger partial charge < -0.3 is 14.7 Å². The lowest BCUT2D eigenvalue weighted by molar-refractivity contribution is -0.124. The molecule has 0 radical (unpaired) electrons. The predicted molar refractivity (Wildman–Crippen MR) is 148 cm³/mol. The van der Waals surface area contributed by atoms with E-state index in [0.29, 0.717) is 11.6 Å². The number of phenolic OH excluding ortho intramolecular Hbond substituents is 1. The van der Waals surface area contributed by atoms with E-state index in [2.05, 4.69) is 9.72 Å². The Morgan fingerprint density at radius 3 is 2.21 bits per heavy atom.